The van der Waals surface area contributed by atoms with E-state index in [2.05, 4.69) is 5.32 Å². The van der Waals surface area contributed by atoms with E-state index in [9.17, 15) is 9.90 Å². The van der Waals surface area contributed by atoms with E-state index in [1.54, 1.807) is 18.2 Å². The molecular weight excluding hydrogens is 264 g/mol. The van der Waals surface area contributed by atoms with Gasteiger partial charge in [0.2, 0.25) is 0 Å². The maximum Gasteiger partial charge on any atom is 0.311 e. The number of anilines is 1. The number of carboxylic acid groups (broad SMARTS) is 1. The number of nitriles is 1. The highest BCUT2D eigenvalue weighted by Gasteiger charge is 2.41. The van der Waals surface area contributed by atoms with Gasteiger partial charge in [-0.15, -0.1) is 0 Å². The molecule has 0 spiro atoms. The first kappa shape index (κ1) is 13.7. The van der Waals surface area contributed by atoms with E-state index in [-0.39, 0.29) is 0 Å². The Bertz CT molecular complexity index is 531. The summed E-state index contributed by atoms with van der Waals surface area (Å²) >= 11 is 5.94. The van der Waals surface area contributed by atoms with Crippen LogP contribution in [-0.4, -0.2) is 17.6 Å². The highest BCUT2D eigenvalue weighted by Crippen LogP contribution is 2.39. The Morgan fingerprint density at radius 2 is 2.16 bits per heavy atom. The van der Waals surface area contributed by atoms with Crippen molar-refractivity contribution in [3.05, 3.63) is 28.8 Å². The molecule has 0 saturated heterocycles. The fourth-order valence-electron chi connectivity index (χ4n) is 2.57. The van der Waals surface area contributed by atoms with Crippen molar-refractivity contribution in [2.45, 2.75) is 25.7 Å². The standard InChI is InChI=1S/C14H15ClN2O2/c15-11-4-3-5-12(10(11)8-16)17-9-14(13(18)19)6-1-2-7-14/h3-5,17H,1-2,6-7,9H2,(H,18,19). The molecule has 4 nitrogen and oxygen atoms in total. The minimum Gasteiger partial charge on any atom is -0.481 e. The molecule has 1 saturated carbocycles. The van der Waals surface area contributed by atoms with Gasteiger partial charge in [-0.25, -0.2) is 0 Å². The Morgan fingerprint density at radius 3 is 2.74 bits per heavy atom. The van der Waals surface area contributed by atoms with Crippen LogP contribution in [0, 0.1) is 16.7 Å². The van der Waals surface area contributed by atoms with E-state index < -0.39 is 11.4 Å². The van der Waals surface area contributed by atoms with Crippen molar-refractivity contribution < 1.29 is 9.90 Å². The van der Waals surface area contributed by atoms with Crippen molar-refractivity contribution in [2.24, 2.45) is 5.41 Å². The zero-order chi connectivity index (χ0) is 13.9. The zero-order valence-electron chi connectivity index (χ0n) is 10.4. The largest absolute Gasteiger partial charge is 0.481 e. The van der Waals surface area contributed by atoms with Crippen molar-refractivity contribution in [2.75, 3.05) is 11.9 Å². The summed E-state index contributed by atoms with van der Waals surface area (Å²) in [7, 11) is 0. The summed E-state index contributed by atoms with van der Waals surface area (Å²) < 4.78 is 0. The Labute approximate surface area is 117 Å². The number of halogens is 1. The molecule has 0 atom stereocenters. The van der Waals surface area contributed by atoms with Crippen molar-refractivity contribution in [3.63, 3.8) is 0 Å². The first-order valence-electron chi connectivity index (χ1n) is 6.25. The number of nitrogens with one attached hydrogen (secondary N) is 1. The van der Waals surface area contributed by atoms with Gasteiger partial charge in [-0.1, -0.05) is 30.5 Å². The molecule has 1 aromatic rings. The number of carboxylic acids is 1. The SMILES string of the molecule is N#Cc1c(Cl)cccc1NCC1(C(=O)O)CCCC1. The number of nitrogens with zero attached hydrogens (tertiary/aromatic N) is 1. The molecule has 2 rings (SSSR count). The average Bonchev–Trinajstić information content (AvgIpc) is 2.86. The molecule has 0 aromatic heterocycles. The second-order valence-corrected chi connectivity index (χ2v) is 5.33. The Balaban J connectivity index is 2.17. The van der Waals surface area contributed by atoms with Gasteiger partial charge >= 0.3 is 5.97 Å². The Kier molecular flexibility index (Phi) is 3.96. The van der Waals surface area contributed by atoms with Crippen molar-refractivity contribution >= 4 is 23.3 Å². The Hall–Kier alpha value is -1.73. The maximum absolute atomic E-state index is 11.4. The van der Waals surface area contributed by atoms with Crippen LogP contribution in [0.15, 0.2) is 18.2 Å². The summed E-state index contributed by atoms with van der Waals surface area (Å²) in [5.41, 5.74) is 0.250. The Morgan fingerprint density at radius 1 is 1.47 bits per heavy atom. The van der Waals surface area contributed by atoms with Crippen LogP contribution in [-0.2, 0) is 4.79 Å². The quantitative estimate of drug-likeness (QED) is 0.886. The molecule has 0 heterocycles. The van der Waals surface area contributed by atoms with Crippen molar-refractivity contribution in [3.8, 4) is 6.07 Å². The number of benzene rings is 1. The van der Waals surface area contributed by atoms with Gasteiger partial charge in [0.15, 0.2) is 0 Å². The lowest BCUT2D eigenvalue weighted by Gasteiger charge is -2.25. The molecule has 1 aromatic carbocycles. The minimum atomic E-state index is -0.766. The topological polar surface area (TPSA) is 73.1 Å². The summed E-state index contributed by atoms with van der Waals surface area (Å²) in [5.74, 6) is -0.766. The second kappa shape index (κ2) is 5.50. The summed E-state index contributed by atoms with van der Waals surface area (Å²) in [4.78, 5) is 11.4. The molecule has 0 unspecified atom stereocenters. The van der Waals surface area contributed by atoms with Crippen LogP contribution in [0.5, 0.6) is 0 Å². The number of rotatable bonds is 4. The van der Waals surface area contributed by atoms with Crippen LogP contribution in [0.1, 0.15) is 31.2 Å². The van der Waals surface area contributed by atoms with Crippen LogP contribution in [0.4, 0.5) is 5.69 Å². The third-order valence-electron chi connectivity index (χ3n) is 3.76. The fourth-order valence-corrected chi connectivity index (χ4v) is 2.78. The first-order valence-corrected chi connectivity index (χ1v) is 6.63. The van der Waals surface area contributed by atoms with Gasteiger partial charge in [-0.3, -0.25) is 4.79 Å². The van der Waals surface area contributed by atoms with Crippen LogP contribution < -0.4 is 5.32 Å². The molecule has 1 fully saturated rings. The van der Waals surface area contributed by atoms with E-state index in [1.807, 2.05) is 6.07 Å². The van der Waals surface area contributed by atoms with Gasteiger partial charge in [-0.05, 0) is 25.0 Å². The molecule has 5 heteroatoms. The lowest BCUT2D eigenvalue weighted by molar-refractivity contribution is -0.147. The van der Waals surface area contributed by atoms with E-state index in [0.29, 0.717) is 35.7 Å². The van der Waals surface area contributed by atoms with Crippen molar-refractivity contribution in [1.82, 2.24) is 0 Å². The van der Waals surface area contributed by atoms with Crippen molar-refractivity contribution in [1.29, 1.82) is 5.26 Å². The molecule has 0 aliphatic heterocycles. The monoisotopic (exact) mass is 278 g/mol. The number of hydrogen-bond donors (Lipinski definition) is 2. The zero-order valence-corrected chi connectivity index (χ0v) is 11.2. The molecule has 0 radical (unpaired) electrons. The predicted octanol–water partition coefficient (Wildman–Crippen LogP) is 3.27. The molecule has 2 N–H and O–H groups in total. The lowest BCUT2D eigenvalue weighted by atomic mass is 9.86. The van der Waals surface area contributed by atoms with Crippen LogP contribution >= 0.6 is 11.6 Å². The van der Waals surface area contributed by atoms with Gasteiger partial charge < -0.3 is 10.4 Å². The highest BCUT2D eigenvalue weighted by molar-refractivity contribution is 6.32. The van der Waals surface area contributed by atoms with E-state index in [0.717, 1.165) is 12.8 Å². The molecule has 19 heavy (non-hydrogen) atoms. The van der Waals surface area contributed by atoms with E-state index >= 15 is 0 Å². The van der Waals surface area contributed by atoms with Gasteiger partial charge in [0.1, 0.15) is 6.07 Å². The van der Waals surface area contributed by atoms with E-state index in [4.69, 9.17) is 16.9 Å². The van der Waals surface area contributed by atoms with E-state index in [1.165, 1.54) is 0 Å². The van der Waals surface area contributed by atoms with Crippen LogP contribution in [0.3, 0.4) is 0 Å². The smallest absolute Gasteiger partial charge is 0.311 e. The normalized spacial score (nSPS) is 16.8. The highest BCUT2D eigenvalue weighted by atomic mass is 35.5. The van der Waals surface area contributed by atoms with Gasteiger partial charge in [0, 0.05) is 6.54 Å². The fraction of sp³-hybridized carbons (Fsp3) is 0.429. The molecular formula is C14H15ClN2O2. The molecule has 1 aliphatic carbocycles. The number of aliphatic carboxylic acids is 1. The maximum atomic E-state index is 11.4. The molecule has 0 amide bonds. The molecule has 1 aliphatic rings. The van der Waals surface area contributed by atoms with Gasteiger partial charge in [0.05, 0.1) is 21.7 Å². The summed E-state index contributed by atoms with van der Waals surface area (Å²) in [6, 6.07) is 7.17. The van der Waals surface area contributed by atoms with Gasteiger partial charge in [-0.2, -0.15) is 5.26 Å². The third kappa shape index (κ3) is 2.66. The third-order valence-corrected chi connectivity index (χ3v) is 4.07. The number of carbonyl (C=O) groups is 1. The second-order valence-electron chi connectivity index (χ2n) is 4.92. The van der Waals surface area contributed by atoms with Crippen LogP contribution in [0.2, 0.25) is 5.02 Å². The summed E-state index contributed by atoms with van der Waals surface area (Å²) in [6.45, 7) is 0.331. The lowest BCUT2D eigenvalue weighted by Crippen LogP contribution is -2.35. The summed E-state index contributed by atoms with van der Waals surface area (Å²) in [5, 5.41) is 21.9. The average molecular weight is 279 g/mol. The molecule has 100 valence electrons. The van der Waals surface area contributed by atoms with Crippen LogP contribution in [0.25, 0.3) is 0 Å². The number of hydrogen-bond acceptors (Lipinski definition) is 3. The first-order chi connectivity index (χ1) is 9.09. The summed E-state index contributed by atoms with van der Waals surface area (Å²) in [6.07, 6.45) is 3.23. The predicted molar refractivity (Wildman–Crippen MR) is 73.2 cm³/mol. The van der Waals surface area contributed by atoms with Gasteiger partial charge in [0.25, 0.3) is 0 Å². The minimum absolute atomic E-state index is 0.331. The molecule has 0 bridgehead atoms.